The minimum Gasteiger partial charge on any atom is -0.346 e. The molecule has 6 heteroatoms. The van der Waals surface area contributed by atoms with Crippen LogP contribution in [0.3, 0.4) is 0 Å². The summed E-state index contributed by atoms with van der Waals surface area (Å²) in [7, 11) is 0. The first-order valence-electron chi connectivity index (χ1n) is 11.0. The number of thiophene rings is 1. The topological polar surface area (TPSA) is 45.6 Å². The van der Waals surface area contributed by atoms with Crippen molar-refractivity contribution >= 4 is 29.2 Å². The molecule has 1 saturated heterocycles. The molecule has 0 spiro atoms. The van der Waals surface area contributed by atoms with Gasteiger partial charge in [0.05, 0.1) is 4.88 Å². The fourth-order valence-electron chi connectivity index (χ4n) is 4.82. The third-order valence-corrected chi connectivity index (χ3v) is 7.34. The average molecular weight is 426 g/mol. The average Bonchev–Trinajstić information content (AvgIpc) is 3.40. The molecular weight excluding hydrogens is 394 g/mol. The van der Waals surface area contributed by atoms with Crippen molar-refractivity contribution in [2.45, 2.75) is 52.0 Å². The van der Waals surface area contributed by atoms with Gasteiger partial charge in [-0.15, -0.1) is 11.3 Å². The van der Waals surface area contributed by atoms with Gasteiger partial charge < -0.3 is 14.4 Å². The van der Waals surface area contributed by atoms with Crippen LogP contribution >= 0.6 is 11.3 Å². The number of hydrogen-bond donors (Lipinski definition) is 0. The van der Waals surface area contributed by atoms with Crippen LogP contribution in [0, 0.1) is 13.8 Å². The highest BCUT2D eigenvalue weighted by molar-refractivity contribution is 7.12. The summed E-state index contributed by atoms with van der Waals surface area (Å²) < 4.78 is 2.47. The first-order valence-corrected chi connectivity index (χ1v) is 11.9. The summed E-state index contributed by atoms with van der Waals surface area (Å²) in [5, 5.41) is 1.92. The quantitative estimate of drug-likeness (QED) is 0.668. The molecule has 30 heavy (non-hydrogen) atoms. The number of piperazine rings is 1. The summed E-state index contributed by atoms with van der Waals surface area (Å²) in [6, 6.07) is 6.56. The molecule has 1 aliphatic carbocycles. The van der Waals surface area contributed by atoms with Crippen molar-refractivity contribution in [1.29, 1.82) is 0 Å². The number of aryl methyl sites for hydroxylation is 1. The molecule has 1 saturated carbocycles. The van der Waals surface area contributed by atoms with Gasteiger partial charge in [0.15, 0.2) is 0 Å². The summed E-state index contributed by atoms with van der Waals surface area (Å²) in [6.45, 7) is 6.69. The van der Waals surface area contributed by atoms with E-state index in [0.717, 1.165) is 10.4 Å². The number of hydrogen-bond acceptors (Lipinski definition) is 3. The maximum Gasteiger partial charge on any atom is 0.264 e. The van der Waals surface area contributed by atoms with Crippen LogP contribution in [0.4, 0.5) is 0 Å². The molecule has 0 radical (unpaired) electrons. The lowest BCUT2D eigenvalue weighted by molar-refractivity contribution is -0.127. The molecule has 0 N–H and O–H groups in total. The lowest BCUT2D eigenvalue weighted by atomic mass is 9.95. The molecule has 2 aliphatic rings. The van der Waals surface area contributed by atoms with Crippen molar-refractivity contribution in [2.75, 3.05) is 26.2 Å². The van der Waals surface area contributed by atoms with E-state index in [1.165, 1.54) is 54.8 Å². The summed E-state index contributed by atoms with van der Waals surface area (Å²) in [5.74, 6) is 0.100. The predicted molar refractivity (Wildman–Crippen MR) is 122 cm³/mol. The Hall–Kier alpha value is -2.34. The smallest absolute Gasteiger partial charge is 0.264 e. The van der Waals surface area contributed by atoms with Crippen LogP contribution in [0.15, 0.2) is 29.7 Å². The second kappa shape index (κ2) is 9.21. The molecule has 0 bridgehead atoms. The fraction of sp³-hybridized carbons (Fsp3) is 0.500. The third-order valence-electron chi connectivity index (χ3n) is 6.48. The van der Waals surface area contributed by atoms with Gasteiger partial charge in [0.1, 0.15) is 0 Å². The van der Waals surface area contributed by atoms with E-state index in [-0.39, 0.29) is 11.8 Å². The molecule has 2 aromatic rings. The van der Waals surface area contributed by atoms with Gasteiger partial charge in [-0.05, 0) is 55.8 Å². The lowest BCUT2D eigenvalue weighted by Gasteiger charge is -2.34. The second-order valence-corrected chi connectivity index (χ2v) is 9.36. The van der Waals surface area contributed by atoms with Crippen LogP contribution in [0.5, 0.6) is 0 Å². The zero-order chi connectivity index (χ0) is 21.1. The van der Waals surface area contributed by atoms with Crippen molar-refractivity contribution < 1.29 is 9.59 Å². The number of amides is 2. The highest BCUT2D eigenvalue weighted by Gasteiger charge is 2.24. The Morgan fingerprint density at radius 1 is 1.03 bits per heavy atom. The van der Waals surface area contributed by atoms with E-state index in [4.69, 9.17) is 0 Å². The normalized spacial score (nSPS) is 18.3. The Labute approximate surface area is 183 Å². The molecule has 1 aliphatic heterocycles. The number of rotatable bonds is 4. The molecule has 0 aromatic carbocycles. The minimum atomic E-state index is 0.0284. The highest BCUT2D eigenvalue weighted by atomic mass is 32.1. The van der Waals surface area contributed by atoms with Gasteiger partial charge >= 0.3 is 0 Å². The van der Waals surface area contributed by atoms with E-state index < -0.39 is 0 Å². The zero-order valence-corrected chi connectivity index (χ0v) is 18.8. The molecule has 160 valence electrons. The van der Waals surface area contributed by atoms with E-state index in [9.17, 15) is 9.59 Å². The van der Waals surface area contributed by atoms with Crippen LogP contribution in [0.1, 0.15) is 64.8 Å². The van der Waals surface area contributed by atoms with Crippen LogP contribution in [0.2, 0.25) is 0 Å². The lowest BCUT2D eigenvalue weighted by Crippen LogP contribution is -2.50. The minimum absolute atomic E-state index is 0.0284. The Bertz CT molecular complexity index is 915. The number of aromatic nitrogens is 1. The standard InChI is InChI=1S/C24H31N3O2S/c1-18-17-20(19(2)27(18)21-7-4-3-5-8-21)10-11-23(28)25-12-14-26(15-13-25)24(29)22-9-6-16-30-22/h6,9-11,16-17,21H,3-5,7-8,12-15H2,1-2H3. The summed E-state index contributed by atoms with van der Waals surface area (Å²) in [4.78, 5) is 29.6. The number of nitrogens with zero attached hydrogens (tertiary/aromatic N) is 3. The van der Waals surface area contributed by atoms with Gasteiger partial charge in [0, 0.05) is 49.7 Å². The van der Waals surface area contributed by atoms with Gasteiger partial charge in [-0.2, -0.15) is 0 Å². The molecule has 0 atom stereocenters. The van der Waals surface area contributed by atoms with Crippen molar-refractivity contribution in [1.82, 2.24) is 14.4 Å². The molecule has 2 fully saturated rings. The summed E-state index contributed by atoms with van der Waals surface area (Å²) >= 11 is 1.47. The highest BCUT2D eigenvalue weighted by Crippen LogP contribution is 2.32. The van der Waals surface area contributed by atoms with E-state index in [0.29, 0.717) is 32.2 Å². The first-order chi connectivity index (χ1) is 14.5. The van der Waals surface area contributed by atoms with E-state index in [2.05, 4.69) is 24.5 Å². The van der Waals surface area contributed by atoms with Crippen molar-refractivity contribution in [3.63, 3.8) is 0 Å². The van der Waals surface area contributed by atoms with Crippen molar-refractivity contribution in [3.8, 4) is 0 Å². The first kappa shape index (κ1) is 20.9. The fourth-order valence-corrected chi connectivity index (χ4v) is 5.52. The molecule has 4 rings (SSSR count). The molecule has 2 aromatic heterocycles. The zero-order valence-electron chi connectivity index (χ0n) is 18.0. The van der Waals surface area contributed by atoms with Gasteiger partial charge in [0.2, 0.25) is 5.91 Å². The van der Waals surface area contributed by atoms with Crippen LogP contribution in [-0.4, -0.2) is 52.4 Å². The van der Waals surface area contributed by atoms with E-state index in [1.807, 2.05) is 33.4 Å². The van der Waals surface area contributed by atoms with E-state index in [1.54, 1.807) is 6.08 Å². The van der Waals surface area contributed by atoms with Gasteiger partial charge in [-0.1, -0.05) is 25.3 Å². The molecule has 2 amide bonds. The van der Waals surface area contributed by atoms with Crippen molar-refractivity contribution in [2.24, 2.45) is 0 Å². The maximum absolute atomic E-state index is 12.7. The summed E-state index contributed by atoms with van der Waals surface area (Å²) in [6.07, 6.45) is 10.2. The van der Waals surface area contributed by atoms with Crippen LogP contribution in [0.25, 0.3) is 6.08 Å². The maximum atomic E-state index is 12.7. The van der Waals surface area contributed by atoms with E-state index >= 15 is 0 Å². The third kappa shape index (κ3) is 4.38. The van der Waals surface area contributed by atoms with Gasteiger partial charge in [0.25, 0.3) is 5.91 Å². The van der Waals surface area contributed by atoms with Crippen LogP contribution < -0.4 is 0 Å². The predicted octanol–water partition coefficient (Wildman–Crippen LogP) is 4.67. The Morgan fingerprint density at radius 2 is 1.73 bits per heavy atom. The summed E-state index contributed by atoms with van der Waals surface area (Å²) in [5.41, 5.74) is 3.68. The molecule has 3 heterocycles. The van der Waals surface area contributed by atoms with Gasteiger partial charge in [-0.3, -0.25) is 9.59 Å². The van der Waals surface area contributed by atoms with Gasteiger partial charge in [-0.25, -0.2) is 0 Å². The monoisotopic (exact) mass is 425 g/mol. The number of carbonyl (C=O) groups is 2. The molecule has 5 nitrogen and oxygen atoms in total. The Balaban J connectivity index is 1.36. The SMILES string of the molecule is Cc1cc(C=CC(=O)N2CCN(C(=O)c3cccs3)CC2)c(C)n1C1CCCCC1. The van der Waals surface area contributed by atoms with Crippen LogP contribution in [-0.2, 0) is 4.79 Å². The molecule has 0 unspecified atom stereocenters. The Morgan fingerprint density at radius 3 is 2.40 bits per heavy atom. The Kier molecular flexibility index (Phi) is 6.42. The van der Waals surface area contributed by atoms with Crippen molar-refractivity contribution in [3.05, 3.63) is 51.5 Å². The largest absolute Gasteiger partial charge is 0.346 e. The number of carbonyl (C=O) groups excluding carboxylic acids is 2. The second-order valence-electron chi connectivity index (χ2n) is 8.42. The molecular formula is C24H31N3O2S.